The van der Waals surface area contributed by atoms with Crippen molar-refractivity contribution in [2.24, 2.45) is 5.41 Å². The average molecular weight is 504 g/mol. The van der Waals surface area contributed by atoms with Crippen molar-refractivity contribution in [2.45, 2.75) is 23.9 Å². The van der Waals surface area contributed by atoms with E-state index in [-0.39, 0.29) is 16.2 Å². The van der Waals surface area contributed by atoms with Gasteiger partial charge in [-0.3, -0.25) is 9.89 Å². The van der Waals surface area contributed by atoms with E-state index < -0.39 is 22.2 Å². The molecule has 1 saturated heterocycles. The van der Waals surface area contributed by atoms with Crippen LogP contribution in [0, 0.1) is 5.41 Å². The van der Waals surface area contributed by atoms with Crippen LogP contribution in [0.5, 0.6) is 5.75 Å². The zero-order valence-electron chi connectivity index (χ0n) is 18.1. The lowest BCUT2D eigenvalue weighted by Crippen LogP contribution is -2.51. The van der Waals surface area contributed by atoms with E-state index in [1.165, 1.54) is 4.31 Å². The molecule has 2 aliphatic rings. The van der Waals surface area contributed by atoms with Gasteiger partial charge in [-0.2, -0.15) is 18.3 Å². The van der Waals surface area contributed by atoms with E-state index in [0.717, 1.165) is 0 Å². The molecule has 0 unspecified atom stereocenters. The molecule has 34 heavy (non-hydrogen) atoms. The fourth-order valence-corrected chi connectivity index (χ4v) is 5.23. The molecular weight excluding hydrogens is 481 g/mol. The van der Waals surface area contributed by atoms with Crippen LogP contribution in [0.3, 0.4) is 0 Å². The Bertz CT molecular complexity index is 1130. The number of carbonyl (C=O) groups is 2. The van der Waals surface area contributed by atoms with E-state index in [0.29, 0.717) is 50.5 Å². The number of likely N-dealkylation sites (tertiary alicyclic amines) is 1. The molecule has 4 rings (SSSR count). The first-order valence-electron chi connectivity index (χ1n) is 10.1. The second-order valence-corrected chi connectivity index (χ2v) is 10.1. The van der Waals surface area contributed by atoms with Crippen LogP contribution in [0.1, 0.15) is 23.3 Å². The third kappa shape index (κ3) is 5.50. The molecule has 0 saturated carbocycles. The maximum Gasteiger partial charge on any atom is 0.490 e. The maximum atomic E-state index is 12.9. The topological polar surface area (TPSA) is 133 Å². The van der Waals surface area contributed by atoms with Crippen molar-refractivity contribution in [1.82, 2.24) is 19.4 Å². The summed E-state index contributed by atoms with van der Waals surface area (Å²) < 4.78 is 64.9. The van der Waals surface area contributed by atoms with E-state index in [1.54, 1.807) is 48.5 Å². The minimum Gasteiger partial charge on any atom is -0.492 e. The normalized spacial score (nSPS) is 19.6. The van der Waals surface area contributed by atoms with Crippen LogP contribution in [0.4, 0.5) is 13.2 Å². The SMILES string of the molecule is CN1CC2(CCN(C(=O)c3ccn[nH]3)CC2)COc2ccccc2S1(=O)=O.O=C(O)C(F)(F)F. The van der Waals surface area contributed by atoms with E-state index in [4.69, 9.17) is 14.6 Å². The Kier molecular flexibility index (Phi) is 7.21. The lowest BCUT2D eigenvalue weighted by atomic mass is 9.78. The Morgan fingerprint density at radius 1 is 1.18 bits per heavy atom. The molecule has 0 atom stereocenters. The average Bonchev–Trinajstić information content (AvgIpc) is 3.32. The molecule has 1 fully saturated rings. The van der Waals surface area contributed by atoms with E-state index in [2.05, 4.69) is 10.2 Å². The number of ether oxygens (including phenoxy) is 1. The van der Waals surface area contributed by atoms with Gasteiger partial charge in [0.15, 0.2) is 0 Å². The standard InChI is InChI=1S/C18H22N4O4S.C2HF3O2/c1-21-12-18(13-26-15-4-2-3-5-16(15)27(21,24)25)7-10-22(11-8-18)17(23)14-6-9-19-20-14;3-2(4,5)1(6)7/h2-6,9H,7-8,10-13H2,1H3,(H,19,20);(H,6,7). The minimum absolute atomic E-state index is 0.0829. The summed E-state index contributed by atoms with van der Waals surface area (Å²) in [5, 5.41) is 13.6. The van der Waals surface area contributed by atoms with E-state index in [9.17, 15) is 26.4 Å². The number of alkyl halides is 3. The maximum absolute atomic E-state index is 12.9. The highest BCUT2D eigenvalue weighted by Crippen LogP contribution is 2.38. The molecular formula is C20H23F3N4O6S. The Labute approximate surface area is 193 Å². The predicted molar refractivity (Wildman–Crippen MR) is 112 cm³/mol. The highest BCUT2D eigenvalue weighted by Gasteiger charge is 2.42. The number of carboxylic acid groups (broad SMARTS) is 1. The number of carboxylic acids is 1. The third-order valence-corrected chi connectivity index (χ3v) is 7.56. The molecule has 3 heterocycles. The lowest BCUT2D eigenvalue weighted by molar-refractivity contribution is -0.192. The van der Waals surface area contributed by atoms with Crippen molar-refractivity contribution in [3.63, 3.8) is 0 Å². The smallest absolute Gasteiger partial charge is 0.490 e. The van der Waals surface area contributed by atoms with Gasteiger partial charge < -0.3 is 14.7 Å². The van der Waals surface area contributed by atoms with Gasteiger partial charge in [-0.15, -0.1) is 0 Å². The molecule has 1 spiro atoms. The number of halogens is 3. The Morgan fingerprint density at radius 2 is 1.79 bits per heavy atom. The van der Waals surface area contributed by atoms with Crippen LogP contribution in [-0.4, -0.2) is 84.3 Å². The van der Waals surface area contributed by atoms with Gasteiger partial charge in [0.1, 0.15) is 16.3 Å². The first-order valence-corrected chi connectivity index (χ1v) is 11.6. The number of benzene rings is 1. The molecule has 186 valence electrons. The summed E-state index contributed by atoms with van der Waals surface area (Å²) in [6.45, 7) is 1.90. The number of aliphatic carboxylic acids is 1. The molecule has 1 aromatic carbocycles. The van der Waals surface area contributed by atoms with Gasteiger partial charge >= 0.3 is 12.1 Å². The second kappa shape index (κ2) is 9.62. The summed E-state index contributed by atoms with van der Waals surface area (Å²) in [6, 6.07) is 8.39. The Balaban J connectivity index is 0.000000406. The molecule has 0 bridgehead atoms. The summed E-state index contributed by atoms with van der Waals surface area (Å²) in [5.74, 6) is -2.45. The lowest BCUT2D eigenvalue weighted by Gasteiger charge is -2.44. The number of hydrogen-bond acceptors (Lipinski definition) is 6. The third-order valence-electron chi connectivity index (χ3n) is 5.71. The summed E-state index contributed by atoms with van der Waals surface area (Å²) in [5.41, 5.74) is 0.147. The van der Waals surface area contributed by atoms with Crippen LogP contribution in [0.15, 0.2) is 41.4 Å². The number of carbonyl (C=O) groups excluding carboxylic acids is 1. The van der Waals surface area contributed by atoms with Gasteiger partial charge in [-0.25, -0.2) is 17.5 Å². The molecule has 2 aromatic rings. The number of aromatic amines is 1. The van der Waals surface area contributed by atoms with Crippen LogP contribution in [-0.2, 0) is 14.8 Å². The number of sulfonamides is 1. The number of para-hydroxylation sites is 1. The summed E-state index contributed by atoms with van der Waals surface area (Å²) >= 11 is 0. The van der Waals surface area contributed by atoms with Crippen LogP contribution in [0.2, 0.25) is 0 Å². The quantitative estimate of drug-likeness (QED) is 0.607. The molecule has 0 radical (unpaired) electrons. The summed E-state index contributed by atoms with van der Waals surface area (Å²) in [4.78, 5) is 23.4. The predicted octanol–water partition coefficient (Wildman–Crippen LogP) is 1.98. The van der Waals surface area contributed by atoms with Gasteiger partial charge in [0, 0.05) is 38.3 Å². The van der Waals surface area contributed by atoms with Crippen molar-refractivity contribution >= 4 is 21.9 Å². The van der Waals surface area contributed by atoms with Gasteiger partial charge in [-0.1, -0.05) is 12.1 Å². The number of rotatable bonds is 1. The van der Waals surface area contributed by atoms with E-state index >= 15 is 0 Å². The van der Waals surface area contributed by atoms with Crippen molar-refractivity contribution in [3.05, 3.63) is 42.2 Å². The van der Waals surface area contributed by atoms with Crippen LogP contribution < -0.4 is 4.74 Å². The zero-order valence-corrected chi connectivity index (χ0v) is 18.9. The van der Waals surface area contributed by atoms with Gasteiger partial charge in [0.25, 0.3) is 5.91 Å². The van der Waals surface area contributed by atoms with Gasteiger partial charge in [-0.05, 0) is 31.0 Å². The van der Waals surface area contributed by atoms with Gasteiger partial charge in [0.05, 0.1) is 6.61 Å². The van der Waals surface area contributed by atoms with E-state index in [1.807, 2.05) is 0 Å². The van der Waals surface area contributed by atoms with Crippen molar-refractivity contribution in [1.29, 1.82) is 0 Å². The highest BCUT2D eigenvalue weighted by molar-refractivity contribution is 7.89. The van der Waals surface area contributed by atoms with Crippen LogP contribution in [0.25, 0.3) is 0 Å². The molecule has 0 aliphatic carbocycles. The molecule has 1 aromatic heterocycles. The number of nitrogens with one attached hydrogen (secondary N) is 1. The minimum atomic E-state index is -5.08. The number of nitrogens with zero attached hydrogens (tertiary/aromatic N) is 3. The Morgan fingerprint density at radius 3 is 2.35 bits per heavy atom. The fourth-order valence-electron chi connectivity index (χ4n) is 3.82. The van der Waals surface area contributed by atoms with Gasteiger partial charge in [0.2, 0.25) is 10.0 Å². The first-order chi connectivity index (χ1) is 15.9. The number of fused-ring (bicyclic) bond motifs is 1. The number of piperidine rings is 1. The number of aromatic nitrogens is 2. The van der Waals surface area contributed by atoms with Crippen molar-refractivity contribution in [2.75, 3.05) is 33.3 Å². The molecule has 14 heteroatoms. The molecule has 10 nitrogen and oxygen atoms in total. The summed E-state index contributed by atoms with van der Waals surface area (Å²) in [7, 11) is -1.99. The van der Waals surface area contributed by atoms with Crippen molar-refractivity contribution < 1.29 is 41.0 Å². The number of H-pyrrole nitrogens is 1. The molecule has 2 N–H and O–H groups in total. The summed E-state index contributed by atoms with van der Waals surface area (Å²) in [6.07, 6.45) is -2.18. The van der Waals surface area contributed by atoms with Crippen LogP contribution >= 0.6 is 0 Å². The zero-order chi connectivity index (χ0) is 25.1. The first kappa shape index (κ1) is 25.5. The second-order valence-electron chi connectivity index (χ2n) is 8.06. The fraction of sp³-hybridized carbons (Fsp3) is 0.450. The Hall–Kier alpha value is -3.13. The largest absolute Gasteiger partial charge is 0.492 e. The molecule has 2 aliphatic heterocycles. The molecule has 1 amide bonds. The number of amides is 1. The highest BCUT2D eigenvalue weighted by atomic mass is 32.2. The number of hydrogen-bond donors (Lipinski definition) is 2. The van der Waals surface area contributed by atoms with Crippen molar-refractivity contribution in [3.8, 4) is 5.75 Å². The monoisotopic (exact) mass is 504 g/mol.